The summed E-state index contributed by atoms with van der Waals surface area (Å²) in [4.78, 5) is 16.6. The molecule has 4 heterocycles. The summed E-state index contributed by atoms with van der Waals surface area (Å²) in [6, 6.07) is 9.68. The predicted molar refractivity (Wildman–Crippen MR) is 107 cm³/mol. The van der Waals surface area contributed by atoms with E-state index in [4.69, 9.17) is 4.98 Å². The molecule has 27 heavy (non-hydrogen) atoms. The summed E-state index contributed by atoms with van der Waals surface area (Å²) in [7, 11) is 0. The third-order valence-electron chi connectivity index (χ3n) is 6.46. The molecule has 2 aromatic heterocycles. The van der Waals surface area contributed by atoms with Crippen molar-refractivity contribution in [1.82, 2.24) is 19.4 Å². The maximum atomic E-state index is 5.00. The fourth-order valence-corrected chi connectivity index (χ4v) is 4.64. The molecule has 0 atom stereocenters. The number of nitrogens with zero attached hydrogens (tertiary/aromatic N) is 5. The first-order valence-corrected chi connectivity index (χ1v) is 10.1. The summed E-state index contributed by atoms with van der Waals surface area (Å²) in [5, 5.41) is 0. The van der Waals surface area contributed by atoms with Gasteiger partial charge in [-0.15, -0.1) is 0 Å². The molecule has 1 aliphatic carbocycles. The second-order valence-electron chi connectivity index (χ2n) is 7.98. The average Bonchev–Trinajstić information content (AvgIpc) is 3.20. The van der Waals surface area contributed by atoms with Crippen molar-refractivity contribution in [3.05, 3.63) is 47.5 Å². The van der Waals surface area contributed by atoms with Crippen molar-refractivity contribution in [3.63, 3.8) is 0 Å². The number of aromatic nitrogens is 3. The van der Waals surface area contributed by atoms with Gasteiger partial charge in [0.2, 0.25) is 0 Å². The topological polar surface area (TPSA) is 46.3 Å². The molecular weight excluding hydrogens is 334 g/mol. The van der Waals surface area contributed by atoms with Gasteiger partial charge in [-0.1, -0.05) is 12.5 Å². The van der Waals surface area contributed by atoms with E-state index in [1.807, 2.05) is 12.4 Å². The van der Waals surface area contributed by atoms with E-state index in [-0.39, 0.29) is 0 Å². The molecule has 0 amide bonds. The van der Waals surface area contributed by atoms with Gasteiger partial charge in [0.05, 0.1) is 23.3 Å². The average molecular weight is 357 g/mol. The van der Waals surface area contributed by atoms with Crippen LogP contribution in [-0.2, 0) is 19.5 Å². The minimum Gasteiger partial charge on any atom is -0.327 e. The normalized spacial score (nSPS) is 19.7. The van der Waals surface area contributed by atoms with Gasteiger partial charge in [0.15, 0.2) is 0 Å². The highest BCUT2D eigenvalue weighted by molar-refractivity contribution is 5.87. The number of fused-ring (bicyclic) bond motifs is 4. The van der Waals surface area contributed by atoms with E-state index in [0.29, 0.717) is 6.54 Å². The Morgan fingerprint density at radius 3 is 2.85 bits per heavy atom. The predicted octanol–water partition coefficient (Wildman–Crippen LogP) is 3.44. The van der Waals surface area contributed by atoms with Gasteiger partial charge in [0.1, 0.15) is 5.82 Å². The van der Waals surface area contributed by atoms with E-state index >= 15 is 0 Å². The molecule has 0 bridgehead atoms. The summed E-state index contributed by atoms with van der Waals surface area (Å²) in [6.45, 7) is 4.06. The molecule has 2 aliphatic heterocycles. The zero-order valence-electron chi connectivity index (χ0n) is 15.4. The maximum Gasteiger partial charge on any atom is 0.111 e. The van der Waals surface area contributed by atoms with Crippen LogP contribution in [0.15, 0.2) is 35.5 Å². The molecule has 0 saturated heterocycles. The molecule has 5 heteroatoms. The number of pyridine rings is 1. The Bertz CT molecular complexity index is 1060. The van der Waals surface area contributed by atoms with E-state index in [9.17, 15) is 0 Å². The first kappa shape index (κ1) is 15.5. The summed E-state index contributed by atoms with van der Waals surface area (Å²) < 4.78 is 2.44. The van der Waals surface area contributed by atoms with Gasteiger partial charge in [-0.25, -0.2) is 4.98 Å². The summed E-state index contributed by atoms with van der Waals surface area (Å²) in [5.41, 5.74) is 6.91. The van der Waals surface area contributed by atoms with Crippen molar-refractivity contribution in [3.8, 4) is 11.1 Å². The van der Waals surface area contributed by atoms with Crippen LogP contribution in [0.2, 0.25) is 0 Å². The number of benzene rings is 1. The fraction of sp³-hybridized carbons (Fsp3) is 0.409. The van der Waals surface area contributed by atoms with Crippen molar-refractivity contribution in [2.45, 2.75) is 44.8 Å². The lowest BCUT2D eigenvalue weighted by molar-refractivity contribution is 0.130. The van der Waals surface area contributed by atoms with E-state index in [2.05, 4.69) is 43.7 Å². The quantitative estimate of drug-likeness (QED) is 0.706. The Morgan fingerprint density at radius 2 is 1.96 bits per heavy atom. The van der Waals surface area contributed by atoms with Crippen LogP contribution in [-0.4, -0.2) is 44.8 Å². The Balaban J connectivity index is 1.33. The highest BCUT2D eigenvalue weighted by Gasteiger charge is 2.27. The van der Waals surface area contributed by atoms with Gasteiger partial charge in [0.25, 0.3) is 0 Å². The number of hydrogen-bond acceptors (Lipinski definition) is 4. The minimum absolute atomic E-state index is 0.709. The third kappa shape index (κ3) is 2.52. The van der Waals surface area contributed by atoms with Crippen molar-refractivity contribution in [2.24, 2.45) is 4.99 Å². The van der Waals surface area contributed by atoms with Crippen LogP contribution < -0.4 is 0 Å². The Morgan fingerprint density at radius 1 is 1.00 bits per heavy atom. The third-order valence-corrected chi connectivity index (χ3v) is 6.46. The van der Waals surface area contributed by atoms with Gasteiger partial charge in [-0.05, 0) is 36.6 Å². The van der Waals surface area contributed by atoms with Gasteiger partial charge >= 0.3 is 0 Å². The van der Waals surface area contributed by atoms with Gasteiger partial charge in [-0.2, -0.15) is 0 Å². The standard InChI is InChI=1S/C22H23N5/c1-2-18(3-1)26-7-6-22-25-19-11-15(4-5-21(19)27(22)9-8-26)16-10-17-12-23-14-20(17)24-13-16/h4-5,10-13,18H,1-3,6-9,14H2. The molecule has 0 unspecified atom stereocenters. The van der Waals surface area contributed by atoms with Gasteiger partial charge in [0, 0.05) is 55.6 Å². The van der Waals surface area contributed by atoms with Crippen molar-refractivity contribution < 1.29 is 0 Å². The molecule has 3 aromatic rings. The largest absolute Gasteiger partial charge is 0.327 e. The van der Waals surface area contributed by atoms with Crippen LogP contribution in [0.3, 0.4) is 0 Å². The second kappa shape index (κ2) is 5.99. The molecular formula is C22H23N5. The SMILES string of the molecule is C1=NCc2ncc(-c3ccc4c(c3)nc3n4CCN(C4CCC4)CC3)cc21. The first-order chi connectivity index (χ1) is 13.3. The van der Waals surface area contributed by atoms with Crippen LogP contribution in [0.5, 0.6) is 0 Å². The number of hydrogen-bond donors (Lipinski definition) is 0. The highest BCUT2D eigenvalue weighted by atomic mass is 15.2. The molecule has 0 N–H and O–H groups in total. The summed E-state index contributed by atoms with van der Waals surface area (Å²) in [6.07, 6.45) is 9.11. The lowest BCUT2D eigenvalue weighted by Crippen LogP contribution is -2.41. The van der Waals surface area contributed by atoms with Crippen molar-refractivity contribution in [2.75, 3.05) is 13.1 Å². The summed E-state index contributed by atoms with van der Waals surface area (Å²) in [5.74, 6) is 1.24. The molecule has 5 nitrogen and oxygen atoms in total. The zero-order chi connectivity index (χ0) is 17.8. The van der Waals surface area contributed by atoms with Crippen molar-refractivity contribution >= 4 is 17.2 Å². The Labute approximate surface area is 158 Å². The molecule has 136 valence electrons. The monoisotopic (exact) mass is 357 g/mol. The van der Waals surface area contributed by atoms with E-state index in [1.54, 1.807) is 0 Å². The Kier molecular flexibility index (Phi) is 3.44. The number of aliphatic imine (C=N–C) groups is 1. The molecule has 0 spiro atoms. The van der Waals surface area contributed by atoms with E-state index in [1.165, 1.54) is 36.2 Å². The molecule has 3 aliphatic rings. The minimum atomic E-state index is 0.709. The van der Waals surface area contributed by atoms with Crippen LogP contribution in [0.4, 0.5) is 0 Å². The molecule has 1 saturated carbocycles. The van der Waals surface area contributed by atoms with Crippen molar-refractivity contribution in [1.29, 1.82) is 0 Å². The molecule has 6 rings (SSSR count). The molecule has 1 aromatic carbocycles. The van der Waals surface area contributed by atoms with Gasteiger partial charge < -0.3 is 4.57 Å². The van der Waals surface area contributed by atoms with Crippen LogP contribution in [0, 0.1) is 0 Å². The Hall–Kier alpha value is -2.53. The smallest absolute Gasteiger partial charge is 0.111 e. The van der Waals surface area contributed by atoms with Crippen LogP contribution in [0.1, 0.15) is 36.3 Å². The summed E-state index contributed by atoms with van der Waals surface area (Å²) >= 11 is 0. The lowest BCUT2D eigenvalue weighted by Gasteiger charge is -2.36. The van der Waals surface area contributed by atoms with E-state index in [0.717, 1.165) is 54.4 Å². The first-order valence-electron chi connectivity index (χ1n) is 10.1. The molecule has 0 radical (unpaired) electrons. The van der Waals surface area contributed by atoms with Crippen LogP contribution >= 0.6 is 0 Å². The molecule has 1 fully saturated rings. The maximum absolute atomic E-state index is 5.00. The fourth-order valence-electron chi connectivity index (χ4n) is 4.64. The number of imidazole rings is 1. The van der Waals surface area contributed by atoms with E-state index < -0.39 is 0 Å². The lowest BCUT2D eigenvalue weighted by atomic mass is 9.91. The number of rotatable bonds is 2. The van der Waals surface area contributed by atoms with Gasteiger partial charge in [-0.3, -0.25) is 14.9 Å². The zero-order valence-corrected chi connectivity index (χ0v) is 15.4. The van der Waals surface area contributed by atoms with Crippen LogP contribution in [0.25, 0.3) is 22.2 Å². The highest BCUT2D eigenvalue weighted by Crippen LogP contribution is 2.29. The second-order valence-corrected chi connectivity index (χ2v) is 7.98.